The smallest absolute Gasteiger partial charge is 0.358 e. The average molecular weight is 588 g/mol. The van der Waals surface area contributed by atoms with E-state index in [0.29, 0.717) is 32.3 Å². The van der Waals surface area contributed by atoms with Gasteiger partial charge in [-0.05, 0) is 46.7 Å². The molecule has 1 atom stereocenters. The van der Waals surface area contributed by atoms with Gasteiger partial charge in [0, 0.05) is 35.5 Å². The van der Waals surface area contributed by atoms with E-state index in [-0.39, 0.29) is 29.9 Å². The molecular weight excluding hydrogens is 568 g/mol. The Hall–Kier alpha value is -3.56. The van der Waals surface area contributed by atoms with Crippen molar-refractivity contribution in [2.24, 2.45) is 5.92 Å². The molecule has 37 heavy (non-hydrogen) atoms. The summed E-state index contributed by atoms with van der Waals surface area (Å²) in [5.74, 6) is -3.27. The van der Waals surface area contributed by atoms with Crippen molar-refractivity contribution in [3.63, 3.8) is 0 Å². The van der Waals surface area contributed by atoms with E-state index >= 15 is 8.78 Å². The molecule has 2 aromatic carbocycles. The number of ether oxygens (including phenoxy) is 1. The van der Waals surface area contributed by atoms with Crippen LogP contribution in [0.1, 0.15) is 24.6 Å². The van der Waals surface area contributed by atoms with Crippen molar-refractivity contribution in [2.75, 3.05) is 6.61 Å². The van der Waals surface area contributed by atoms with Gasteiger partial charge in [-0.1, -0.05) is 24.3 Å². The molecule has 0 bridgehead atoms. The predicted molar refractivity (Wildman–Crippen MR) is 136 cm³/mol. The molecule has 0 aliphatic heterocycles. The molecule has 4 rings (SSSR count). The highest BCUT2D eigenvalue weighted by Gasteiger charge is 2.43. The number of carbonyl (C=O) groups is 2. The van der Waals surface area contributed by atoms with Gasteiger partial charge in [0.25, 0.3) is 0 Å². The highest BCUT2D eigenvalue weighted by Crippen LogP contribution is 2.41. The minimum absolute atomic E-state index is 0.00270. The van der Waals surface area contributed by atoms with Crippen LogP contribution in [0.2, 0.25) is 0 Å². The second-order valence-corrected chi connectivity index (χ2v) is 9.86. The Morgan fingerprint density at radius 1 is 1.24 bits per heavy atom. The zero-order chi connectivity index (χ0) is 26.6. The Bertz CT molecular complexity index is 1480. The monoisotopic (exact) mass is 587 g/mol. The first-order valence-electron chi connectivity index (χ1n) is 11.1. The molecule has 1 unspecified atom stereocenters. The maximum absolute atomic E-state index is 15.3. The van der Waals surface area contributed by atoms with Crippen LogP contribution in [-0.4, -0.2) is 43.1 Å². The van der Waals surface area contributed by atoms with Crippen LogP contribution in [-0.2, 0) is 20.7 Å². The Labute approximate surface area is 223 Å². The largest absolute Gasteiger partial charge is 0.466 e. The molecule has 0 spiro atoms. The van der Waals surface area contributed by atoms with E-state index in [4.69, 9.17) is 4.74 Å². The Kier molecular flexibility index (Phi) is 8.04. The van der Waals surface area contributed by atoms with Crippen LogP contribution in [0.3, 0.4) is 0 Å². The minimum Gasteiger partial charge on any atom is -0.466 e. The number of carbonyl (C=O) groups excluding carboxylic acids is 2. The Balaban J connectivity index is 1.63. The van der Waals surface area contributed by atoms with Crippen LogP contribution in [0.5, 0.6) is 0 Å². The Morgan fingerprint density at radius 2 is 2.00 bits per heavy atom. The molecule has 1 N–H and O–H groups in total. The first kappa shape index (κ1) is 26.5. The molecule has 8 nitrogen and oxygen atoms in total. The van der Waals surface area contributed by atoms with E-state index in [9.17, 15) is 14.9 Å². The number of hydrogen-bond donors (Lipinski definition) is 1. The SMILES string of the molecule is CCOC(=O)C(CC(=O)C(F)(F)Sc1ncc(Br)n1-c1ccc(C#N)c2ccccc12)Cc1cnc[nH]1. The number of aromatic nitrogens is 4. The van der Waals surface area contributed by atoms with Crippen LogP contribution >= 0.6 is 27.7 Å². The summed E-state index contributed by atoms with van der Waals surface area (Å²) in [5, 5.41) is 6.73. The van der Waals surface area contributed by atoms with Crippen LogP contribution in [0.4, 0.5) is 8.78 Å². The molecule has 12 heteroatoms. The number of esters is 1. The number of rotatable bonds is 10. The normalized spacial score (nSPS) is 12.3. The number of H-pyrrole nitrogens is 1. The third-order valence-corrected chi connectivity index (χ3v) is 7.08. The van der Waals surface area contributed by atoms with Crippen LogP contribution < -0.4 is 0 Å². The fourth-order valence-electron chi connectivity index (χ4n) is 3.86. The molecule has 0 aliphatic carbocycles. The number of alkyl halides is 2. The average Bonchev–Trinajstić information content (AvgIpc) is 3.52. The molecule has 0 amide bonds. The van der Waals surface area contributed by atoms with Gasteiger partial charge in [0.1, 0.15) is 4.60 Å². The van der Waals surface area contributed by atoms with Crippen molar-refractivity contribution in [2.45, 2.75) is 30.2 Å². The molecule has 0 aliphatic rings. The van der Waals surface area contributed by atoms with Crippen molar-refractivity contribution in [1.29, 1.82) is 5.26 Å². The maximum Gasteiger partial charge on any atom is 0.358 e. The van der Waals surface area contributed by atoms with Crippen molar-refractivity contribution >= 4 is 50.2 Å². The number of nitrogens with zero attached hydrogens (tertiary/aromatic N) is 4. The lowest BCUT2D eigenvalue weighted by Crippen LogP contribution is -2.31. The van der Waals surface area contributed by atoms with Gasteiger partial charge in [-0.2, -0.15) is 14.0 Å². The summed E-state index contributed by atoms with van der Waals surface area (Å²) in [4.78, 5) is 35.9. The van der Waals surface area contributed by atoms with Gasteiger partial charge < -0.3 is 9.72 Å². The summed E-state index contributed by atoms with van der Waals surface area (Å²) in [5.41, 5.74) is 1.47. The molecule has 4 aromatic rings. The fourth-order valence-corrected chi connectivity index (χ4v) is 5.25. The van der Waals surface area contributed by atoms with Gasteiger partial charge >= 0.3 is 11.2 Å². The third kappa shape index (κ3) is 5.73. The summed E-state index contributed by atoms with van der Waals surface area (Å²) in [6.45, 7) is 1.66. The molecule has 190 valence electrons. The van der Waals surface area contributed by atoms with Crippen molar-refractivity contribution in [3.8, 4) is 11.8 Å². The summed E-state index contributed by atoms with van der Waals surface area (Å²) in [7, 11) is 0. The van der Waals surface area contributed by atoms with Gasteiger partial charge in [0.2, 0.25) is 5.78 Å². The van der Waals surface area contributed by atoms with E-state index in [0.717, 1.165) is 0 Å². The second-order valence-electron chi connectivity index (χ2n) is 7.96. The molecule has 0 saturated heterocycles. The first-order valence-corrected chi connectivity index (χ1v) is 12.8. The highest BCUT2D eigenvalue weighted by molar-refractivity contribution is 9.10. The lowest BCUT2D eigenvalue weighted by atomic mass is 9.97. The van der Waals surface area contributed by atoms with Crippen molar-refractivity contribution < 1.29 is 23.1 Å². The van der Waals surface area contributed by atoms with Gasteiger partial charge in [0.05, 0.1) is 42.4 Å². The van der Waals surface area contributed by atoms with Crippen LogP contribution in [0, 0.1) is 17.2 Å². The van der Waals surface area contributed by atoms with Crippen LogP contribution in [0.25, 0.3) is 16.5 Å². The molecule has 2 aromatic heterocycles. The molecular formula is C25H20BrF2N5O3S. The number of nitrogens with one attached hydrogen (secondary N) is 1. The summed E-state index contributed by atoms with van der Waals surface area (Å²) in [6.07, 6.45) is 3.49. The van der Waals surface area contributed by atoms with Gasteiger partial charge in [-0.25, -0.2) is 9.97 Å². The van der Waals surface area contributed by atoms with Crippen molar-refractivity contribution in [1.82, 2.24) is 19.5 Å². The van der Waals surface area contributed by atoms with Crippen molar-refractivity contribution in [3.05, 3.63) is 71.0 Å². The van der Waals surface area contributed by atoms with E-state index < -0.39 is 29.3 Å². The van der Waals surface area contributed by atoms with E-state index in [1.165, 1.54) is 23.3 Å². The second kappa shape index (κ2) is 11.2. The van der Waals surface area contributed by atoms with E-state index in [2.05, 4.69) is 37.0 Å². The summed E-state index contributed by atoms with van der Waals surface area (Å²) >= 11 is 3.34. The van der Waals surface area contributed by atoms with Gasteiger partial charge in [0.15, 0.2) is 5.16 Å². The molecule has 0 fully saturated rings. The van der Waals surface area contributed by atoms with Gasteiger partial charge in [-0.3, -0.25) is 14.2 Å². The number of fused-ring (bicyclic) bond motifs is 1. The molecule has 2 heterocycles. The third-order valence-electron chi connectivity index (χ3n) is 5.57. The number of ketones is 1. The number of aromatic amines is 1. The molecule has 0 saturated carbocycles. The number of Topliss-reactive ketones (excluding diaryl/α,β-unsaturated/α-hetero) is 1. The van der Waals surface area contributed by atoms with Crippen LogP contribution in [0.15, 0.2) is 64.9 Å². The Morgan fingerprint density at radius 3 is 2.68 bits per heavy atom. The zero-order valence-electron chi connectivity index (χ0n) is 19.5. The van der Waals surface area contributed by atoms with E-state index in [1.807, 2.05) is 0 Å². The number of imidazole rings is 2. The minimum atomic E-state index is -3.89. The zero-order valence-corrected chi connectivity index (χ0v) is 21.9. The topological polar surface area (TPSA) is 114 Å². The first-order chi connectivity index (χ1) is 17.7. The lowest BCUT2D eigenvalue weighted by Gasteiger charge is -2.19. The number of halogens is 3. The highest BCUT2D eigenvalue weighted by atomic mass is 79.9. The predicted octanol–water partition coefficient (Wildman–Crippen LogP) is 5.45. The number of benzene rings is 2. The standard InChI is InChI=1S/C25H20BrF2N5O3S/c1-2-36-23(35)16(9-17-12-30-14-32-17)10-21(34)25(27,28)37-24-31-13-22(26)33(24)20-8-7-15(11-29)18-5-3-4-6-19(18)20/h3-8,12-14,16H,2,9-10H2,1H3,(H,30,32). The summed E-state index contributed by atoms with van der Waals surface area (Å²) < 4.78 is 37.4. The fraction of sp³-hybridized carbons (Fsp3) is 0.240. The molecule has 0 radical (unpaired) electrons. The number of thioether (sulfide) groups is 1. The quantitative estimate of drug-likeness (QED) is 0.194. The lowest BCUT2D eigenvalue weighted by molar-refractivity contribution is -0.151. The number of hydrogen-bond acceptors (Lipinski definition) is 7. The maximum atomic E-state index is 15.3. The van der Waals surface area contributed by atoms with E-state index in [1.54, 1.807) is 43.3 Å². The summed E-state index contributed by atoms with van der Waals surface area (Å²) in [6, 6.07) is 12.5. The van der Waals surface area contributed by atoms with Gasteiger partial charge in [-0.15, -0.1) is 0 Å². The number of nitriles is 1.